The van der Waals surface area contributed by atoms with E-state index >= 15 is 0 Å². The van der Waals surface area contributed by atoms with Crippen LogP contribution in [0.3, 0.4) is 0 Å². The summed E-state index contributed by atoms with van der Waals surface area (Å²) >= 11 is 0. The third-order valence-electron chi connectivity index (χ3n) is 1.78. The summed E-state index contributed by atoms with van der Waals surface area (Å²) in [6.45, 7) is -0.890. The van der Waals surface area contributed by atoms with Crippen LogP contribution in [0.1, 0.15) is 19.3 Å². The number of rotatable bonds is 2. The number of hydrogen-bond donors (Lipinski definition) is 0. The second-order valence-corrected chi connectivity index (χ2v) is 2.33. The van der Waals surface area contributed by atoms with E-state index in [1.807, 2.05) is 0 Å². The molecule has 0 aliphatic heterocycles. The van der Waals surface area contributed by atoms with Crippen molar-refractivity contribution in [2.75, 3.05) is 13.3 Å². The van der Waals surface area contributed by atoms with Crippen molar-refractivity contribution in [3.63, 3.8) is 0 Å². The molecule has 0 saturated heterocycles. The first-order valence-electron chi connectivity index (χ1n) is 3.20. The first-order valence-corrected chi connectivity index (χ1v) is 3.20. The molecule has 0 aromatic carbocycles. The topological polar surface area (TPSA) is 0 Å². The quantitative estimate of drug-likeness (QED) is 0.506. The van der Waals surface area contributed by atoms with Gasteiger partial charge in [-0.25, -0.2) is 8.78 Å². The van der Waals surface area contributed by atoms with Crippen molar-refractivity contribution in [1.82, 2.24) is 0 Å². The SMILES string of the molecule is FCC1=C(CF)CCC1. The van der Waals surface area contributed by atoms with Crippen LogP contribution >= 0.6 is 0 Å². The van der Waals surface area contributed by atoms with Crippen molar-refractivity contribution >= 4 is 0 Å². The number of allylic oxidation sites excluding steroid dienone is 2. The van der Waals surface area contributed by atoms with Gasteiger partial charge in [-0.1, -0.05) is 0 Å². The van der Waals surface area contributed by atoms with Crippen LogP contribution in [-0.4, -0.2) is 13.3 Å². The number of halogens is 2. The molecule has 1 rings (SSSR count). The molecular weight excluding hydrogens is 122 g/mol. The zero-order chi connectivity index (χ0) is 6.69. The minimum Gasteiger partial charge on any atom is -0.246 e. The molecule has 0 heterocycles. The smallest absolute Gasteiger partial charge is 0.111 e. The van der Waals surface area contributed by atoms with Crippen molar-refractivity contribution in [3.8, 4) is 0 Å². The van der Waals surface area contributed by atoms with Gasteiger partial charge in [0, 0.05) is 0 Å². The lowest BCUT2D eigenvalue weighted by Crippen LogP contribution is -1.86. The third kappa shape index (κ3) is 1.29. The van der Waals surface area contributed by atoms with Crippen LogP contribution in [0, 0.1) is 0 Å². The van der Waals surface area contributed by atoms with E-state index in [1.165, 1.54) is 0 Å². The predicted molar refractivity (Wildman–Crippen MR) is 32.8 cm³/mol. The fraction of sp³-hybridized carbons (Fsp3) is 0.714. The lowest BCUT2D eigenvalue weighted by molar-refractivity contribution is 0.513. The highest BCUT2D eigenvalue weighted by atomic mass is 19.1. The second kappa shape index (κ2) is 2.95. The normalized spacial score (nSPS) is 19.3. The monoisotopic (exact) mass is 132 g/mol. The van der Waals surface area contributed by atoms with E-state index < -0.39 is 13.3 Å². The standard InChI is InChI=1S/C7H10F2/c8-4-6-2-1-3-7(6)5-9/h1-5H2. The molecule has 0 spiro atoms. The minimum atomic E-state index is -0.445. The first-order chi connectivity index (χ1) is 4.38. The van der Waals surface area contributed by atoms with Gasteiger partial charge in [0.25, 0.3) is 0 Å². The summed E-state index contributed by atoms with van der Waals surface area (Å²) in [4.78, 5) is 0. The average Bonchev–Trinajstić information content (AvgIpc) is 2.33. The van der Waals surface area contributed by atoms with E-state index in [9.17, 15) is 8.78 Å². The Kier molecular flexibility index (Phi) is 2.20. The van der Waals surface area contributed by atoms with Gasteiger partial charge in [0.1, 0.15) is 13.3 Å². The van der Waals surface area contributed by atoms with E-state index in [0.29, 0.717) is 11.1 Å². The molecule has 0 saturated carbocycles. The van der Waals surface area contributed by atoms with Gasteiger partial charge < -0.3 is 0 Å². The van der Waals surface area contributed by atoms with Gasteiger partial charge in [-0.15, -0.1) is 0 Å². The summed E-state index contributed by atoms with van der Waals surface area (Å²) in [6.07, 6.45) is 2.49. The Morgan fingerprint density at radius 2 is 1.44 bits per heavy atom. The van der Waals surface area contributed by atoms with Crippen LogP contribution in [0.15, 0.2) is 11.1 Å². The van der Waals surface area contributed by atoms with Crippen LogP contribution in [-0.2, 0) is 0 Å². The molecule has 0 bridgehead atoms. The summed E-state index contributed by atoms with van der Waals surface area (Å²) in [6, 6.07) is 0. The summed E-state index contributed by atoms with van der Waals surface area (Å²) in [7, 11) is 0. The van der Waals surface area contributed by atoms with Crippen molar-refractivity contribution < 1.29 is 8.78 Å². The summed E-state index contributed by atoms with van der Waals surface area (Å²) in [5.74, 6) is 0. The zero-order valence-electron chi connectivity index (χ0n) is 5.29. The molecule has 0 aromatic rings. The van der Waals surface area contributed by atoms with Crippen molar-refractivity contribution in [2.45, 2.75) is 19.3 Å². The van der Waals surface area contributed by atoms with Gasteiger partial charge in [0.15, 0.2) is 0 Å². The van der Waals surface area contributed by atoms with Crippen LogP contribution in [0.25, 0.3) is 0 Å². The summed E-state index contributed by atoms with van der Waals surface area (Å²) in [5.41, 5.74) is 1.41. The molecule has 0 aromatic heterocycles. The van der Waals surface area contributed by atoms with Crippen LogP contribution in [0.4, 0.5) is 8.78 Å². The van der Waals surface area contributed by atoms with Crippen molar-refractivity contribution in [3.05, 3.63) is 11.1 Å². The molecule has 52 valence electrons. The molecule has 0 nitrogen and oxygen atoms in total. The Morgan fingerprint density at radius 3 is 1.78 bits per heavy atom. The Morgan fingerprint density at radius 1 is 1.00 bits per heavy atom. The van der Waals surface area contributed by atoms with E-state index in [1.54, 1.807) is 0 Å². The second-order valence-electron chi connectivity index (χ2n) is 2.33. The largest absolute Gasteiger partial charge is 0.246 e. The highest BCUT2D eigenvalue weighted by Gasteiger charge is 2.12. The van der Waals surface area contributed by atoms with Crippen LogP contribution in [0.5, 0.6) is 0 Å². The molecule has 0 radical (unpaired) electrons. The molecular formula is C7H10F2. The van der Waals surface area contributed by atoms with Crippen molar-refractivity contribution in [1.29, 1.82) is 0 Å². The first kappa shape index (κ1) is 6.72. The minimum absolute atomic E-state index is 0.445. The Labute approximate surface area is 53.6 Å². The van der Waals surface area contributed by atoms with Gasteiger partial charge in [-0.05, 0) is 30.4 Å². The lowest BCUT2D eigenvalue weighted by Gasteiger charge is -1.95. The van der Waals surface area contributed by atoms with Gasteiger partial charge in [0.2, 0.25) is 0 Å². The Hall–Kier alpha value is -0.400. The summed E-state index contributed by atoms with van der Waals surface area (Å²) < 4.78 is 23.8. The van der Waals surface area contributed by atoms with E-state index in [-0.39, 0.29) is 0 Å². The van der Waals surface area contributed by atoms with Gasteiger partial charge in [0.05, 0.1) is 0 Å². The number of hydrogen-bond acceptors (Lipinski definition) is 0. The molecule has 0 unspecified atom stereocenters. The zero-order valence-corrected chi connectivity index (χ0v) is 5.29. The predicted octanol–water partition coefficient (Wildman–Crippen LogP) is 2.41. The molecule has 0 N–H and O–H groups in total. The van der Waals surface area contributed by atoms with Crippen molar-refractivity contribution in [2.24, 2.45) is 0 Å². The lowest BCUT2D eigenvalue weighted by atomic mass is 10.2. The van der Waals surface area contributed by atoms with Gasteiger partial charge in [-0.2, -0.15) is 0 Å². The highest BCUT2D eigenvalue weighted by molar-refractivity contribution is 5.19. The molecule has 1 aliphatic rings. The maximum atomic E-state index is 11.9. The maximum absolute atomic E-state index is 11.9. The average molecular weight is 132 g/mol. The fourth-order valence-electron chi connectivity index (χ4n) is 1.19. The maximum Gasteiger partial charge on any atom is 0.111 e. The molecule has 2 heteroatoms. The fourth-order valence-corrected chi connectivity index (χ4v) is 1.19. The third-order valence-corrected chi connectivity index (χ3v) is 1.78. The van der Waals surface area contributed by atoms with Gasteiger partial charge in [-0.3, -0.25) is 0 Å². The molecule has 1 aliphatic carbocycles. The molecule has 0 amide bonds. The molecule has 0 atom stereocenters. The van der Waals surface area contributed by atoms with E-state index in [2.05, 4.69) is 0 Å². The molecule has 0 fully saturated rings. The van der Waals surface area contributed by atoms with Gasteiger partial charge >= 0.3 is 0 Å². The van der Waals surface area contributed by atoms with Crippen LogP contribution < -0.4 is 0 Å². The number of alkyl halides is 2. The molecule has 9 heavy (non-hydrogen) atoms. The Bertz CT molecular complexity index is 113. The summed E-state index contributed by atoms with van der Waals surface area (Å²) in [5, 5.41) is 0. The van der Waals surface area contributed by atoms with E-state index in [4.69, 9.17) is 0 Å². The highest BCUT2D eigenvalue weighted by Crippen LogP contribution is 2.26. The van der Waals surface area contributed by atoms with E-state index in [0.717, 1.165) is 19.3 Å². The van der Waals surface area contributed by atoms with Crippen LogP contribution in [0.2, 0.25) is 0 Å². The Balaban J connectivity index is 2.59.